The largest absolute Gasteiger partial charge is 0.480 e. The monoisotopic (exact) mass is 713 g/mol. The Kier molecular flexibility index (Phi) is 9.71. The van der Waals surface area contributed by atoms with Crippen molar-refractivity contribution in [1.82, 2.24) is 34.7 Å². The minimum absolute atomic E-state index is 0.549. The first-order chi connectivity index (χ1) is 26.5. The predicted octanol–water partition coefficient (Wildman–Crippen LogP) is 8.05. The zero-order valence-electron chi connectivity index (χ0n) is 30.6. The highest BCUT2D eigenvalue weighted by Crippen LogP contribution is 2.43. The minimum atomic E-state index is -0.874. The van der Waals surface area contributed by atoms with Crippen LogP contribution < -0.4 is 0 Å². The number of likely N-dealkylation sites (N-methyl/N-ethyl adjacent to an activating group) is 1. The van der Waals surface area contributed by atoms with E-state index in [9.17, 15) is 9.90 Å². The van der Waals surface area contributed by atoms with Gasteiger partial charge in [-0.1, -0.05) is 153 Å². The van der Waals surface area contributed by atoms with Crippen molar-refractivity contribution in [3.05, 3.63) is 179 Å². The van der Waals surface area contributed by atoms with Crippen LogP contribution in [0.2, 0.25) is 0 Å². The zero-order valence-corrected chi connectivity index (χ0v) is 30.6. The van der Waals surface area contributed by atoms with Crippen LogP contribution in [-0.4, -0.2) is 58.8 Å². The Morgan fingerprint density at radius 2 is 1.33 bits per heavy atom. The van der Waals surface area contributed by atoms with Gasteiger partial charge in [0.1, 0.15) is 11.4 Å². The van der Waals surface area contributed by atoms with Gasteiger partial charge in [0.25, 0.3) is 0 Å². The van der Waals surface area contributed by atoms with Gasteiger partial charge in [0.05, 0.1) is 11.4 Å². The molecule has 8 rings (SSSR count). The topological polar surface area (TPSA) is 102 Å². The van der Waals surface area contributed by atoms with E-state index in [0.29, 0.717) is 25.5 Å². The van der Waals surface area contributed by atoms with Crippen molar-refractivity contribution in [1.29, 1.82) is 0 Å². The summed E-state index contributed by atoms with van der Waals surface area (Å²) in [5.74, 6) is 0.763. The summed E-state index contributed by atoms with van der Waals surface area (Å²) in [5, 5.41) is 24.2. The number of nitrogens with zero attached hydrogens (tertiary/aromatic N) is 7. The molecule has 2 aromatic heterocycles. The Morgan fingerprint density at radius 1 is 0.759 bits per heavy atom. The van der Waals surface area contributed by atoms with E-state index in [1.807, 2.05) is 46.8 Å². The van der Waals surface area contributed by atoms with E-state index in [0.717, 1.165) is 75.4 Å². The highest BCUT2D eigenvalue weighted by molar-refractivity contribution is 5.81. The Morgan fingerprint density at radius 3 is 1.89 bits per heavy atom. The number of aryl methyl sites for hydroxylation is 1. The maximum absolute atomic E-state index is 12.6. The molecule has 0 bridgehead atoms. The van der Waals surface area contributed by atoms with E-state index in [-0.39, 0.29) is 0 Å². The number of fused-ring (bicyclic) bond motifs is 1. The van der Waals surface area contributed by atoms with Gasteiger partial charge in [0.15, 0.2) is 11.9 Å². The van der Waals surface area contributed by atoms with Crippen LogP contribution in [0.25, 0.3) is 22.5 Å². The van der Waals surface area contributed by atoms with Gasteiger partial charge < -0.3 is 9.67 Å². The number of benzene rings is 5. The van der Waals surface area contributed by atoms with Gasteiger partial charge in [-0.05, 0) is 56.8 Å². The van der Waals surface area contributed by atoms with Crippen LogP contribution in [0.4, 0.5) is 0 Å². The average Bonchev–Trinajstić information content (AvgIpc) is 3.85. The fourth-order valence-electron chi connectivity index (χ4n) is 8.20. The smallest absolute Gasteiger partial charge is 0.327 e. The van der Waals surface area contributed by atoms with E-state index in [2.05, 4.69) is 126 Å². The van der Waals surface area contributed by atoms with Gasteiger partial charge in [-0.2, -0.15) is 0 Å². The van der Waals surface area contributed by atoms with Crippen molar-refractivity contribution in [2.24, 2.45) is 0 Å². The molecule has 1 unspecified atom stereocenters. The van der Waals surface area contributed by atoms with Gasteiger partial charge in [0, 0.05) is 31.5 Å². The molecule has 3 heterocycles. The molecule has 0 saturated heterocycles. The lowest BCUT2D eigenvalue weighted by Crippen LogP contribution is -2.40. The molecule has 0 amide bonds. The normalized spacial score (nSPS) is 14.5. The highest BCUT2D eigenvalue weighted by atomic mass is 16.4. The van der Waals surface area contributed by atoms with Crippen molar-refractivity contribution in [3.8, 4) is 22.5 Å². The second kappa shape index (κ2) is 15.0. The average molecular weight is 714 g/mol. The van der Waals surface area contributed by atoms with Crippen LogP contribution in [0.5, 0.6) is 0 Å². The third kappa shape index (κ3) is 6.10. The number of hydrogen-bond donors (Lipinski definition) is 1. The molecule has 5 aromatic carbocycles. The van der Waals surface area contributed by atoms with E-state index in [4.69, 9.17) is 15.3 Å². The van der Waals surface area contributed by atoms with Gasteiger partial charge in [-0.25, -0.2) is 9.67 Å². The number of aliphatic carboxylic acids is 1. The van der Waals surface area contributed by atoms with Crippen LogP contribution >= 0.6 is 0 Å². The Hall–Kier alpha value is -6.19. The molecule has 7 aromatic rings. The molecule has 54 heavy (non-hydrogen) atoms. The van der Waals surface area contributed by atoms with Crippen LogP contribution in [0.1, 0.15) is 65.8 Å². The second-order valence-corrected chi connectivity index (χ2v) is 13.8. The first kappa shape index (κ1) is 34.9. The van der Waals surface area contributed by atoms with E-state index in [1.165, 1.54) is 0 Å². The van der Waals surface area contributed by atoms with Crippen LogP contribution in [0.15, 0.2) is 140 Å². The van der Waals surface area contributed by atoms with E-state index in [1.54, 1.807) is 0 Å². The van der Waals surface area contributed by atoms with Crippen LogP contribution in [0, 0.1) is 0 Å². The maximum atomic E-state index is 12.6. The molecule has 9 nitrogen and oxygen atoms in total. The fraction of sp³-hybridized carbons (Fsp3) is 0.222. The highest BCUT2D eigenvalue weighted by Gasteiger charge is 2.42. The number of tetrazole rings is 1. The fourth-order valence-corrected chi connectivity index (χ4v) is 8.20. The lowest BCUT2D eigenvalue weighted by molar-refractivity contribution is -0.144. The molecular weight excluding hydrogens is 671 g/mol. The Labute approximate surface area is 315 Å². The van der Waals surface area contributed by atoms with Crippen molar-refractivity contribution < 1.29 is 9.90 Å². The molecule has 1 aliphatic heterocycles. The SMILES string of the molecule is CCCc1nc2c(n1Cc1ccc(-c3ccccc3-c3nnnn3C(c3ccccc3)(c3ccccc3)c3ccccc3)cc1)C(C(=O)O)N(CC)CC2. The van der Waals surface area contributed by atoms with Gasteiger partial charge in [-0.15, -0.1) is 5.10 Å². The Bertz CT molecular complexity index is 2260. The van der Waals surface area contributed by atoms with Gasteiger partial charge >= 0.3 is 5.97 Å². The van der Waals surface area contributed by atoms with Crippen LogP contribution in [-0.2, 0) is 29.7 Å². The number of hydrogen-bond acceptors (Lipinski definition) is 6. The molecule has 1 N–H and O–H groups in total. The Balaban J connectivity index is 1.22. The molecule has 0 spiro atoms. The molecule has 0 aliphatic carbocycles. The summed E-state index contributed by atoms with van der Waals surface area (Å²) >= 11 is 0. The second-order valence-electron chi connectivity index (χ2n) is 13.8. The lowest BCUT2D eigenvalue weighted by Gasteiger charge is -2.36. The van der Waals surface area contributed by atoms with E-state index >= 15 is 0 Å². The molecule has 1 atom stereocenters. The number of carboxylic acids is 1. The molecule has 0 saturated carbocycles. The summed E-state index contributed by atoms with van der Waals surface area (Å²) in [6.07, 6.45) is 2.48. The summed E-state index contributed by atoms with van der Waals surface area (Å²) in [5.41, 5.74) is 7.97. The summed E-state index contributed by atoms with van der Waals surface area (Å²) in [6, 6.07) is 47.3. The number of carbonyl (C=O) groups is 1. The molecular formula is C45H43N7O2. The maximum Gasteiger partial charge on any atom is 0.327 e. The number of imidazole rings is 1. The predicted molar refractivity (Wildman–Crippen MR) is 210 cm³/mol. The summed E-state index contributed by atoms with van der Waals surface area (Å²) in [7, 11) is 0. The molecule has 0 fully saturated rings. The van der Waals surface area contributed by atoms with Gasteiger partial charge in [0.2, 0.25) is 0 Å². The first-order valence-corrected chi connectivity index (χ1v) is 18.7. The first-order valence-electron chi connectivity index (χ1n) is 18.7. The number of rotatable bonds is 12. The molecule has 1 aliphatic rings. The molecule has 0 radical (unpaired) electrons. The van der Waals surface area contributed by atoms with Crippen molar-refractivity contribution in [3.63, 3.8) is 0 Å². The standard InChI is InChI=1S/C45H43N7O2/c1-3-16-40-46-39-29-30-50(4-2)42(44(53)54)41(39)51(40)31-32-25-27-33(28-26-32)37-23-14-15-24-38(37)43-47-48-49-52(43)45(34-17-8-5-9-18-34,35-19-10-6-11-20-35)36-21-12-7-13-22-36/h5-15,17-28,42H,3-4,16,29-31H2,1-2H3,(H,53,54). The number of carboxylic acid groups (broad SMARTS) is 1. The van der Waals surface area contributed by atoms with Crippen molar-refractivity contribution in [2.75, 3.05) is 13.1 Å². The van der Waals surface area contributed by atoms with E-state index < -0.39 is 17.6 Å². The lowest BCUT2D eigenvalue weighted by atomic mass is 9.77. The minimum Gasteiger partial charge on any atom is -0.480 e. The number of aromatic nitrogens is 6. The quantitative estimate of drug-likeness (QED) is 0.128. The molecule has 270 valence electrons. The summed E-state index contributed by atoms with van der Waals surface area (Å²) in [4.78, 5) is 19.6. The van der Waals surface area contributed by atoms with Crippen LogP contribution in [0.3, 0.4) is 0 Å². The summed E-state index contributed by atoms with van der Waals surface area (Å²) < 4.78 is 4.13. The van der Waals surface area contributed by atoms with Crippen molar-refractivity contribution in [2.45, 2.75) is 51.2 Å². The third-order valence-corrected chi connectivity index (χ3v) is 10.7. The third-order valence-electron chi connectivity index (χ3n) is 10.7. The van der Waals surface area contributed by atoms with Crippen molar-refractivity contribution >= 4 is 5.97 Å². The summed E-state index contributed by atoms with van der Waals surface area (Å²) in [6.45, 7) is 6.08. The zero-order chi connectivity index (χ0) is 37.1. The van der Waals surface area contributed by atoms with Gasteiger partial charge in [-0.3, -0.25) is 9.69 Å². The molecule has 9 heteroatoms.